The molecule has 0 aliphatic carbocycles. The molecule has 0 unspecified atom stereocenters. The van der Waals surface area contributed by atoms with Crippen molar-refractivity contribution >= 4 is 0 Å². The minimum Gasteiger partial charge on any atom is -0.316 e. The maximum Gasteiger partial charge on any atom is 0.0645 e. The van der Waals surface area contributed by atoms with Gasteiger partial charge in [-0.1, -0.05) is 45.9 Å². The molecule has 0 saturated carbocycles. The van der Waals surface area contributed by atoms with E-state index in [2.05, 4.69) is 56.4 Å². The monoisotopic (exact) mass is 285 g/mol. The van der Waals surface area contributed by atoms with Crippen LogP contribution in [0.3, 0.4) is 0 Å². The molecule has 0 atom stereocenters. The lowest BCUT2D eigenvalue weighted by molar-refractivity contribution is 0.442. The molecule has 0 aliphatic heterocycles. The second-order valence-corrected chi connectivity index (χ2v) is 6.74. The number of benzene rings is 1. The highest BCUT2D eigenvalue weighted by Gasteiger charge is 2.22. The number of nitrogens with one attached hydrogen (secondary N) is 1. The first kappa shape index (κ1) is 15.8. The zero-order valence-corrected chi connectivity index (χ0v) is 13.6. The van der Waals surface area contributed by atoms with Crippen molar-refractivity contribution in [1.82, 2.24) is 15.1 Å². The van der Waals surface area contributed by atoms with Crippen LogP contribution < -0.4 is 5.32 Å². The second-order valence-electron chi connectivity index (χ2n) is 6.74. The molecule has 21 heavy (non-hydrogen) atoms. The van der Waals surface area contributed by atoms with Crippen LogP contribution in [-0.4, -0.2) is 22.9 Å². The van der Waals surface area contributed by atoms with E-state index in [1.807, 2.05) is 29.1 Å². The van der Waals surface area contributed by atoms with Gasteiger partial charge < -0.3 is 5.32 Å². The lowest BCUT2D eigenvalue weighted by Crippen LogP contribution is -2.27. The number of nitrogens with zero attached hydrogens (tertiary/aromatic N) is 2. The zero-order chi connectivity index (χ0) is 15.3. The first-order chi connectivity index (χ1) is 9.99. The lowest BCUT2D eigenvalue weighted by atomic mass is 9.83. The third-order valence-corrected chi connectivity index (χ3v) is 3.86. The predicted molar refractivity (Wildman–Crippen MR) is 88.9 cm³/mol. The van der Waals surface area contributed by atoms with Crippen molar-refractivity contribution in [2.75, 3.05) is 13.1 Å². The second kappa shape index (κ2) is 6.90. The molecular weight excluding hydrogens is 258 g/mol. The predicted octanol–water partition coefficient (Wildman–Crippen LogP) is 3.79. The molecule has 1 N–H and O–H groups in total. The minimum absolute atomic E-state index is 0.136. The van der Waals surface area contributed by atoms with Gasteiger partial charge in [0.05, 0.1) is 11.9 Å². The molecule has 0 amide bonds. The molecule has 1 heterocycles. The van der Waals surface area contributed by atoms with Crippen LogP contribution in [0.15, 0.2) is 42.7 Å². The van der Waals surface area contributed by atoms with Gasteiger partial charge in [0.2, 0.25) is 0 Å². The van der Waals surface area contributed by atoms with E-state index in [0.29, 0.717) is 5.92 Å². The molecule has 3 nitrogen and oxygen atoms in total. The van der Waals surface area contributed by atoms with Gasteiger partial charge in [-0.3, -0.25) is 0 Å². The maximum atomic E-state index is 4.51. The molecule has 0 spiro atoms. The van der Waals surface area contributed by atoms with Crippen LogP contribution >= 0.6 is 0 Å². The smallest absolute Gasteiger partial charge is 0.0645 e. The summed E-state index contributed by atoms with van der Waals surface area (Å²) in [6.45, 7) is 11.2. The van der Waals surface area contributed by atoms with Crippen LogP contribution in [0, 0.1) is 5.92 Å². The van der Waals surface area contributed by atoms with E-state index in [1.54, 1.807) is 0 Å². The molecular formula is C18H27N3. The molecule has 1 aromatic heterocycles. The van der Waals surface area contributed by atoms with E-state index in [-0.39, 0.29) is 5.41 Å². The number of aromatic nitrogens is 2. The van der Waals surface area contributed by atoms with E-state index in [0.717, 1.165) is 25.2 Å². The van der Waals surface area contributed by atoms with E-state index < -0.39 is 0 Å². The van der Waals surface area contributed by atoms with Crippen molar-refractivity contribution in [2.45, 2.75) is 39.5 Å². The van der Waals surface area contributed by atoms with E-state index in [4.69, 9.17) is 0 Å². The Labute approximate surface area is 128 Å². The Morgan fingerprint density at radius 2 is 1.90 bits per heavy atom. The zero-order valence-electron chi connectivity index (χ0n) is 13.6. The maximum absolute atomic E-state index is 4.51. The number of hydrogen-bond acceptors (Lipinski definition) is 2. The van der Waals surface area contributed by atoms with Gasteiger partial charge in [0, 0.05) is 6.20 Å². The summed E-state index contributed by atoms with van der Waals surface area (Å²) in [7, 11) is 0. The Morgan fingerprint density at radius 3 is 2.57 bits per heavy atom. The van der Waals surface area contributed by atoms with Crippen molar-refractivity contribution in [3.05, 3.63) is 48.3 Å². The summed E-state index contributed by atoms with van der Waals surface area (Å²) in [6, 6.07) is 10.3. The van der Waals surface area contributed by atoms with Crippen LogP contribution in [0.1, 0.15) is 39.7 Å². The van der Waals surface area contributed by atoms with Gasteiger partial charge >= 0.3 is 0 Å². The Balaban J connectivity index is 1.99. The summed E-state index contributed by atoms with van der Waals surface area (Å²) in [5.74, 6) is 0.703. The van der Waals surface area contributed by atoms with E-state index in [9.17, 15) is 0 Å². The lowest BCUT2D eigenvalue weighted by Gasteiger charge is -2.23. The highest BCUT2D eigenvalue weighted by atomic mass is 15.3. The van der Waals surface area contributed by atoms with E-state index in [1.165, 1.54) is 5.56 Å². The molecule has 114 valence electrons. The fourth-order valence-electron chi connectivity index (χ4n) is 2.33. The molecule has 0 bridgehead atoms. The first-order valence-corrected chi connectivity index (χ1v) is 7.80. The first-order valence-electron chi connectivity index (χ1n) is 7.80. The van der Waals surface area contributed by atoms with Gasteiger partial charge in [0.15, 0.2) is 0 Å². The highest BCUT2D eigenvalue weighted by molar-refractivity contribution is 5.32. The summed E-state index contributed by atoms with van der Waals surface area (Å²) in [5.41, 5.74) is 2.53. The molecule has 1 aromatic carbocycles. The van der Waals surface area contributed by atoms with Crippen molar-refractivity contribution in [2.24, 2.45) is 5.92 Å². The Kier molecular flexibility index (Phi) is 5.18. The Bertz CT molecular complexity index is 541. The van der Waals surface area contributed by atoms with Crippen molar-refractivity contribution in [1.29, 1.82) is 0 Å². The van der Waals surface area contributed by atoms with Crippen LogP contribution in [0.25, 0.3) is 5.69 Å². The van der Waals surface area contributed by atoms with Crippen LogP contribution in [-0.2, 0) is 5.41 Å². The summed E-state index contributed by atoms with van der Waals surface area (Å²) in [6.07, 6.45) is 5.26. The average Bonchev–Trinajstić information content (AvgIpc) is 2.95. The summed E-state index contributed by atoms with van der Waals surface area (Å²) in [4.78, 5) is 0. The molecule has 3 heteroatoms. The third kappa shape index (κ3) is 4.43. The number of hydrogen-bond donors (Lipinski definition) is 1. The topological polar surface area (TPSA) is 29.9 Å². The number of rotatable bonds is 7. The Hall–Kier alpha value is -1.61. The highest BCUT2D eigenvalue weighted by Crippen LogP contribution is 2.26. The van der Waals surface area contributed by atoms with Crippen molar-refractivity contribution < 1.29 is 0 Å². The van der Waals surface area contributed by atoms with E-state index >= 15 is 0 Å². The average molecular weight is 285 g/mol. The summed E-state index contributed by atoms with van der Waals surface area (Å²) >= 11 is 0. The largest absolute Gasteiger partial charge is 0.316 e. The van der Waals surface area contributed by atoms with Gasteiger partial charge in [0.25, 0.3) is 0 Å². The van der Waals surface area contributed by atoms with Gasteiger partial charge in [-0.15, -0.1) is 0 Å². The summed E-state index contributed by atoms with van der Waals surface area (Å²) in [5, 5.41) is 8.03. The van der Waals surface area contributed by atoms with Gasteiger partial charge in [-0.25, -0.2) is 4.68 Å². The fraction of sp³-hybridized carbons (Fsp3) is 0.500. The van der Waals surface area contributed by atoms with Gasteiger partial charge in [-0.05, 0) is 48.5 Å². The molecule has 0 radical (unpaired) electrons. The third-order valence-electron chi connectivity index (χ3n) is 3.86. The van der Waals surface area contributed by atoms with Crippen LogP contribution in [0.5, 0.6) is 0 Å². The normalized spacial score (nSPS) is 12.0. The molecule has 2 aromatic rings. The van der Waals surface area contributed by atoms with Crippen molar-refractivity contribution in [3.8, 4) is 5.69 Å². The van der Waals surface area contributed by atoms with Gasteiger partial charge in [-0.2, -0.15) is 5.10 Å². The fourth-order valence-corrected chi connectivity index (χ4v) is 2.33. The molecule has 0 saturated heterocycles. The SMILES string of the molecule is CC(C)CNCCC(C)(C)c1cnn(-c2ccccc2)c1. The molecule has 2 rings (SSSR count). The van der Waals surface area contributed by atoms with Gasteiger partial charge in [0.1, 0.15) is 0 Å². The van der Waals surface area contributed by atoms with Crippen LogP contribution in [0.2, 0.25) is 0 Å². The standard InChI is InChI=1S/C18H27N3/c1-15(2)12-19-11-10-18(3,4)16-13-20-21(14-16)17-8-6-5-7-9-17/h5-9,13-15,19H,10-12H2,1-4H3. The van der Waals surface area contributed by atoms with Crippen molar-refractivity contribution in [3.63, 3.8) is 0 Å². The Morgan fingerprint density at radius 1 is 1.19 bits per heavy atom. The minimum atomic E-state index is 0.136. The summed E-state index contributed by atoms with van der Waals surface area (Å²) < 4.78 is 1.96. The molecule has 0 fully saturated rings. The van der Waals surface area contributed by atoms with Crippen LogP contribution in [0.4, 0.5) is 0 Å². The number of para-hydroxylation sites is 1. The quantitative estimate of drug-likeness (QED) is 0.784. The molecule has 0 aliphatic rings.